The largest absolute Gasteiger partial charge is 0.372 e. The Morgan fingerprint density at radius 1 is 1.00 bits per heavy atom. The van der Waals surface area contributed by atoms with Crippen molar-refractivity contribution in [2.24, 2.45) is 0 Å². The van der Waals surface area contributed by atoms with Gasteiger partial charge in [0.2, 0.25) is 0 Å². The lowest BCUT2D eigenvalue weighted by Gasteiger charge is -2.37. The summed E-state index contributed by atoms with van der Waals surface area (Å²) in [5.41, 5.74) is 1.82. The first kappa shape index (κ1) is 16.7. The molecule has 1 saturated heterocycles. The molecule has 0 bridgehead atoms. The summed E-state index contributed by atoms with van der Waals surface area (Å²) in [5, 5.41) is 0. The minimum atomic E-state index is -0.206. The first-order valence-corrected chi connectivity index (χ1v) is 8.48. The highest BCUT2D eigenvalue weighted by Crippen LogP contribution is 2.34. The average Bonchev–Trinajstić information content (AvgIpc) is 2.78. The van der Waals surface area contributed by atoms with Crippen molar-refractivity contribution in [3.8, 4) is 0 Å². The fourth-order valence-corrected chi connectivity index (χ4v) is 3.52. The molecule has 0 aromatic heterocycles. The van der Waals surface area contributed by atoms with Gasteiger partial charge in [-0.2, -0.15) is 0 Å². The van der Waals surface area contributed by atoms with E-state index in [1.807, 2.05) is 62.9 Å². The zero-order valence-electron chi connectivity index (χ0n) is 14.7. The summed E-state index contributed by atoms with van der Waals surface area (Å²) in [4.78, 5) is 29.4. The van der Waals surface area contributed by atoms with Gasteiger partial charge in [-0.15, -0.1) is 0 Å². The van der Waals surface area contributed by atoms with Crippen LogP contribution < -0.4 is 0 Å². The third-order valence-corrected chi connectivity index (χ3v) is 4.41. The van der Waals surface area contributed by atoms with Crippen LogP contribution in [0, 0.1) is 0 Å². The molecule has 128 valence electrons. The normalized spacial score (nSPS) is 25.2. The van der Waals surface area contributed by atoms with E-state index in [1.165, 1.54) is 4.90 Å². The van der Waals surface area contributed by atoms with Gasteiger partial charge in [0.1, 0.15) is 5.70 Å². The van der Waals surface area contributed by atoms with Gasteiger partial charge < -0.3 is 9.64 Å². The predicted octanol–water partition coefficient (Wildman–Crippen LogP) is 2.28. The second-order valence-electron chi connectivity index (χ2n) is 6.83. The van der Waals surface area contributed by atoms with E-state index in [-0.39, 0.29) is 30.1 Å². The van der Waals surface area contributed by atoms with Crippen molar-refractivity contribution in [1.82, 2.24) is 9.80 Å². The van der Waals surface area contributed by atoms with Crippen LogP contribution in [0.3, 0.4) is 0 Å². The Hall–Kier alpha value is -2.14. The van der Waals surface area contributed by atoms with E-state index in [0.29, 0.717) is 24.4 Å². The molecule has 2 amide bonds. The Bertz CT molecular complexity index is 671. The monoisotopic (exact) mass is 328 g/mol. The minimum absolute atomic E-state index is 0.0225. The van der Waals surface area contributed by atoms with Crippen molar-refractivity contribution in [2.75, 3.05) is 13.1 Å². The Labute approximate surface area is 142 Å². The number of amides is 2. The van der Waals surface area contributed by atoms with Crippen LogP contribution in [0.1, 0.15) is 33.3 Å². The van der Waals surface area contributed by atoms with E-state index in [9.17, 15) is 9.59 Å². The lowest BCUT2D eigenvalue weighted by Crippen LogP contribution is -2.47. The summed E-state index contributed by atoms with van der Waals surface area (Å²) in [6, 6.07) is 9.29. The number of carbonyl (C=O) groups is 2. The summed E-state index contributed by atoms with van der Waals surface area (Å²) >= 11 is 0. The number of rotatable bonds is 3. The Balaban J connectivity index is 2.10. The van der Waals surface area contributed by atoms with Gasteiger partial charge in [-0.05, 0) is 33.3 Å². The fraction of sp³-hybridized carbons (Fsp3) is 0.474. The van der Waals surface area contributed by atoms with Crippen LogP contribution >= 0.6 is 0 Å². The molecule has 1 fully saturated rings. The highest BCUT2D eigenvalue weighted by molar-refractivity contribution is 6.35. The molecule has 0 aliphatic carbocycles. The van der Waals surface area contributed by atoms with Crippen molar-refractivity contribution in [1.29, 1.82) is 0 Å². The van der Waals surface area contributed by atoms with Crippen molar-refractivity contribution in [3.63, 3.8) is 0 Å². The topological polar surface area (TPSA) is 49.9 Å². The molecule has 0 saturated carbocycles. The highest BCUT2D eigenvalue weighted by atomic mass is 16.5. The van der Waals surface area contributed by atoms with Crippen molar-refractivity contribution >= 4 is 17.4 Å². The maximum absolute atomic E-state index is 13.0. The third kappa shape index (κ3) is 2.84. The zero-order chi connectivity index (χ0) is 17.4. The first-order chi connectivity index (χ1) is 11.4. The number of morpholine rings is 1. The van der Waals surface area contributed by atoms with E-state index in [2.05, 4.69) is 0 Å². The molecule has 3 rings (SSSR count). The van der Waals surface area contributed by atoms with Crippen LogP contribution in [0.2, 0.25) is 0 Å². The molecule has 1 aromatic carbocycles. The van der Waals surface area contributed by atoms with Gasteiger partial charge in [0, 0.05) is 19.1 Å². The van der Waals surface area contributed by atoms with Crippen molar-refractivity contribution in [3.05, 3.63) is 41.6 Å². The van der Waals surface area contributed by atoms with E-state index in [1.54, 1.807) is 0 Å². The van der Waals surface area contributed by atoms with E-state index < -0.39 is 0 Å². The summed E-state index contributed by atoms with van der Waals surface area (Å²) in [6.45, 7) is 8.94. The Morgan fingerprint density at radius 2 is 1.58 bits per heavy atom. The van der Waals surface area contributed by atoms with Crippen LogP contribution in [0.15, 0.2) is 36.0 Å². The molecule has 2 aliphatic heterocycles. The third-order valence-electron chi connectivity index (χ3n) is 4.41. The summed E-state index contributed by atoms with van der Waals surface area (Å²) in [7, 11) is 0. The van der Waals surface area contributed by atoms with Crippen molar-refractivity contribution < 1.29 is 14.3 Å². The van der Waals surface area contributed by atoms with E-state index in [0.717, 1.165) is 5.56 Å². The number of benzene rings is 1. The van der Waals surface area contributed by atoms with Gasteiger partial charge in [0.25, 0.3) is 11.8 Å². The molecule has 5 nitrogen and oxygen atoms in total. The summed E-state index contributed by atoms with van der Waals surface area (Å²) in [5.74, 6) is -0.404. The molecule has 2 aliphatic rings. The number of nitrogens with zero attached hydrogens (tertiary/aromatic N) is 2. The van der Waals surface area contributed by atoms with Gasteiger partial charge in [-0.25, -0.2) is 0 Å². The maximum Gasteiger partial charge on any atom is 0.278 e. The smallest absolute Gasteiger partial charge is 0.278 e. The van der Waals surface area contributed by atoms with E-state index in [4.69, 9.17) is 4.74 Å². The number of carbonyl (C=O) groups excluding carboxylic acids is 2. The number of hydrogen-bond donors (Lipinski definition) is 0. The van der Waals surface area contributed by atoms with Crippen LogP contribution in [0.5, 0.6) is 0 Å². The van der Waals surface area contributed by atoms with Gasteiger partial charge >= 0.3 is 0 Å². The summed E-state index contributed by atoms with van der Waals surface area (Å²) in [6.07, 6.45) is 0.0450. The van der Waals surface area contributed by atoms with E-state index >= 15 is 0 Å². The SMILES string of the molecule is CC1CN(C2=C(c3ccccc3)C(=O)N(C(C)C)C2=O)CC(C)O1. The lowest BCUT2D eigenvalue weighted by molar-refractivity contribution is -0.140. The number of ether oxygens (including phenoxy) is 1. The van der Waals surface area contributed by atoms with Crippen molar-refractivity contribution in [2.45, 2.75) is 45.9 Å². The molecule has 0 radical (unpaired) electrons. The van der Waals surface area contributed by atoms with Crippen LogP contribution in [-0.2, 0) is 14.3 Å². The molecule has 24 heavy (non-hydrogen) atoms. The highest BCUT2D eigenvalue weighted by Gasteiger charge is 2.43. The molecule has 2 heterocycles. The molecule has 0 spiro atoms. The molecule has 5 heteroatoms. The molecular formula is C19H24N2O3. The number of imide groups is 1. The lowest BCUT2D eigenvalue weighted by atomic mass is 10.0. The maximum atomic E-state index is 13.0. The second-order valence-corrected chi connectivity index (χ2v) is 6.83. The second kappa shape index (κ2) is 6.40. The number of hydrogen-bond acceptors (Lipinski definition) is 4. The Kier molecular flexibility index (Phi) is 4.45. The fourth-order valence-electron chi connectivity index (χ4n) is 3.52. The molecule has 2 unspecified atom stereocenters. The predicted molar refractivity (Wildman–Crippen MR) is 91.9 cm³/mol. The van der Waals surface area contributed by atoms with Gasteiger partial charge in [-0.3, -0.25) is 14.5 Å². The van der Waals surface area contributed by atoms with Crippen LogP contribution in [-0.4, -0.2) is 53.0 Å². The van der Waals surface area contributed by atoms with Gasteiger partial charge in [0.15, 0.2) is 0 Å². The zero-order valence-corrected chi connectivity index (χ0v) is 14.7. The molecule has 2 atom stereocenters. The van der Waals surface area contributed by atoms with Gasteiger partial charge in [-0.1, -0.05) is 30.3 Å². The minimum Gasteiger partial charge on any atom is -0.372 e. The summed E-state index contributed by atoms with van der Waals surface area (Å²) < 4.78 is 5.78. The quantitative estimate of drug-likeness (QED) is 0.799. The molecule has 0 N–H and O–H groups in total. The van der Waals surface area contributed by atoms with Crippen LogP contribution in [0.25, 0.3) is 5.57 Å². The average molecular weight is 328 g/mol. The Morgan fingerprint density at radius 3 is 2.12 bits per heavy atom. The van der Waals surface area contributed by atoms with Gasteiger partial charge in [0.05, 0.1) is 17.8 Å². The first-order valence-electron chi connectivity index (χ1n) is 8.48. The molecule has 1 aromatic rings. The molecular weight excluding hydrogens is 304 g/mol. The van der Waals surface area contributed by atoms with Crippen LogP contribution in [0.4, 0.5) is 0 Å². The standard InChI is InChI=1S/C19H24N2O3/c1-12(2)21-18(22)16(15-8-6-5-7-9-15)17(19(21)23)20-10-13(3)24-14(4)11-20/h5-9,12-14H,10-11H2,1-4H3.